The molecule has 15 heavy (non-hydrogen) atoms. The van der Waals surface area contributed by atoms with Crippen LogP contribution in [0.5, 0.6) is 0 Å². The standard InChI is InChI=1S/C11H15FN2O/c1-11(14-2,10(13)15)7-8-5-3-4-6-9(8)12/h3-6,14H,7H2,1-2H3,(H2,13,15). The molecular weight excluding hydrogens is 195 g/mol. The monoisotopic (exact) mass is 210 g/mol. The maximum absolute atomic E-state index is 13.3. The molecule has 0 aromatic heterocycles. The number of amides is 1. The number of rotatable bonds is 4. The molecule has 3 N–H and O–H groups in total. The molecule has 0 radical (unpaired) electrons. The zero-order valence-corrected chi connectivity index (χ0v) is 8.88. The van der Waals surface area contributed by atoms with Crippen LogP contribution in [-0.2, 0) is 11.2 Å². The van der Waals surface area contributed by atoms with Crippen LogP contribution in [0.2, 0.25) is 0 Å². The maximum Gasteiger partial charge on any atom is 0.237 e. The van der Waals surface area contributed by atoms with E-state index in [1.165, 1.54) is 6.07 Å². The molecule has 3 nitrogen and oxygen atoms in total. The number of nitrogens with two attached hydrogens (primary N) is 1. The Hall–Kier alpha value is -1.42. The number of nitrogens with one attached hydrogen (secondary N) is 1. The lowest BCUT2D eigenvalue weighted by Crippen LogP contribution is -2.53. The predicted molar refractivity (Wildman–Crippen MR) is 56.8 cm³/mol. The molecule has 0 fully saturated rings. The van der Waals surface area contributed by atoms with E-state index in [1.807, 2.05) is 0 Å². The third-order valence-electron chi connectivity index (χ3n) is 2.60. The minimum Gasteiger partial charge on any atom is -0.368 e. The van der Waals surface area contributed by atoms with Crippen molar-refractivity contribution >= 4 is 5.91 Å². The summed E-state index contributed by atoms with van der Waals surface area (Å²) in [6.45, 7) is 1.65. The molecule has 1 aromatic rings. The lowest BCUT2D eigenvalue weighted by Gasteiger charge is -2.25. The van der Waals surface area contributed by atoms with Gasteiger partial charge >= 0.3 is 0 Å². The van der Waals surface area contributed by atoms with E-state index in [1.54, 1.807) is 32.2 Å². The first-order valence-corrected chi connectivity index (χ1v) is 4.72. The van der Waals surface area contributed by atoms with E-state index < -0.39 is 11.4 Å². The lowest BCUT2D eigenvalue weighted by atomic mass is 9.92. The first-order valence-electron chi connectivity index (χ1n) is 4.72. The molecule has 0 aliphatic rings. The highest BCUT2D eigenvalue weighted by Crippen LogP contribution is 2.15. The molecule has 1 unspecified atom stereocenters. The molecule has 4 heteroatoms. The van der Waals surface area contributed by atoms with E-state index in [4.69, 9.17) is 5.73 Å². The van der Waals surface area contributed by atoms with Gasteiger partial charge in [0.1, 0.15) is 5.82 Å². The molecule has 0 spiro atoms. The van der Waals surface area contributed by atoms with Crippen molar-refractivity contribution < 1.29 is 9.18 Å². The fourth-order valence-corrected chi connectivity index (χ4v) is 1.32. The minimum atomic E-state index is -0.914. The van der Waals surface area contributed by atoms with Gasteiger partial charge in [-0.25, -0.2) is 4.39 Å². The lowest BCUT2D eigenvalue weighted by molar-refractivity contribution is -0.123. The Bertz CT molecular complexity index is 367. The summed E-state index contributed by atoms with van der Waals surface area (Å²) < 4.78 is 13.3. The van der Waals surface area contributed by atoms with Gasteiger partial charge in [-0.1, -0.05) is 18.2 Å². The van der Waals surface area contributed by atoms with Crippen molar-refractivity contribution in [1.82, 2.24) is 5.32 Å². The van der Waals surface area contributed by atoms with Crippen LogP contribution in [0.3, 0.4) is 0 Å². The second kappa shape index (κ2) is 4.40. The number of halogens is 1. The molecule has 1 aromatic carbocycles. The summed E-state index contributed by atoms with van der Waals surface area (Å²) in [6.07, 6.45) is 0.242. The first kappa shape index (κ1) is 11.7. The zero-order valence-electron chi connectivity index (χ0n) is 8.88. The summed E-state index contributed by atoms with van der Waals surface area (Å²) >= 11 is 0. The maximum atomic E-state index is 13.3. The van der Waals surface area contributed by atoms with Crippen molar-refractivity contribution in [2.24, 2.45) is 5.73 Å². The molecule has 0 heterocycles. The Morgan fingerprint density at radius 1 is 1.53 bits per heavy atom. The molecule has 1 rings (SSSR count). The van der Waals surface area contributed by atoms with E-state index >= 15 is 0 Å². The predicted octanol–water partition coefficient (Wildman–Crippen LogP) is 0.832. The summed E-state index contributed by atoms with van der Waals surface area (Å²) in [5, 5.41) is 2.81. The van der Waals surface area contributed by atoms with Crippen LogP contribution >= 0.6 is 0 Å². The molecule has 82 valence electrons. The molecule has 0 saturated heterocycles. The summed E-state index contributed by atoms with van der Waals surface area (Å²) in [5.41, 5.74) is 4.82. The SMILES string of the molecule is CNC(C)(Cc1ccccc1F)C(N)=O. The molecule has 0 saturated carbocycles. The van der Waals surface area contributed by atoms with Crippen LogP contribution in [0, 0.1) is 5.82 Å². The molecule has 0 bridgehead atoms. The number of likely N-dealkylation sites (N-methyl/N-ethyl adjacent to an activating group) is 1. The van der Waals surface area contributed by atoms with Gasteiger partial charge in [-0.3, -0.25) is 4.79 Å². The summed E-state index contributed by atoms with van der Waals surface area (Å²) in [6, 6.07) is 6.36. The fraction of sp³-hybridized carbons (Fsp3) is 0.364. The van der Waals surface area contributed by atoms with Crippen molar-refractivity contribution in [2.75, 3.05) is 7.05 Å². The zero-order chi connectivity index (χ0) is 11.5. The molecule has 1 atom stereocenters. The van der Waals surface area contributed by atoms with Gasteiger partial charge in [-0.2, -0.15) is 0 Å². The third-order valence-corrected chi connectivity index (χ3v) is 2.60. The fourth-order valence-electron chi connectivity index (χ4n) is 1.32. The van der Waals surface area contributed by atoms with E-state index in [-0.39, 0.29) is 12.2 Å². The average molecular weight is 210 g/mol. The summed E-state index contributed by atoms with van der Waals surface area (Å²) in [5.74, 6) is -0.812. The first-order chi connectivity index (χ1) is 6.99. The number of benzene rings is 1. The smallest absolute Gasteiger partial charge is 0.237 e. The molecule has 0 aliphatic carbocycles. The van der Waals surface area contributed by atoms with Gasteiger partial charge in [0.25, 0.3) is 0 Å². The highest BCUT2D eigenvalue weighted by molar-refractivity contribution is 5.84. The topological polar surface area (TPSA) is 55.1 Å². The highest BCUT2D eigenvalue weighted by Gasteiger charge is 2.29. The number of carbonyl (C=O) groups is 1. The van der Waals surface area contributed by atoms with Crippen LogP contribution in [0.4, 0.5) is 4.39 Å². The summed E-state index contributed by atoms with van der Waals surface area (Å²) in [4.78, 5) is 11.2. The van der Waals surface area contributed by atoms with Crippen molar-refractivity contribution in [2.45, 2.75) is 18.9 Å². The average Bonchev–Trinajstić information content (AvgIpc) is 2.21. The number of carbonyl (C=O) groups excluding carboxylic acids is 1. The second-order valence-corrected chi connectivity index (χ2v) is 3.71. The van der Waals surface area contributed by atoms with Gasteiger partial charge < -0.3 is 11.1 Å². The van der Waals surface area contributed by atoms with Gasteiger partial charge in [0.15, 0.2) is 0 Å². The minimum absolute atomic E-state index is 0.242. The summed E-state index contributed by atoms with van der Waals surface area (Å²) in [7, 11) is 1.63. The van der Waals surface area contributed by atoms with Crippen molar-refractivity contribution in [3.05, 3.63) is 35.6 Å². The van der Waals surface area contributed by atoms with E-state index in [0.29, 0.717) is 5.56 Å². The van der Waals surface area contributed by atoms with Crippen LogP contribution in [0.25, 0.3) is 0 Å². The van der Waals surface area contributed by atoms with Crippen molar-refractivity contribution in [3.8, 4) is 0 Å². The van der Waals surface area contributed by atoms with E-state index in [9.17, 15) is 9.18 Å². The molecular formula is C11H15FN2O. The van der Waals surface area contributed by atoms with Crippen molar-refractivity contribution in [1.29, 1.82) is 0 Å². The van der Waals surface area contributed by atoms with Gasteiger partial charge in [0.2, 0.25) is 5.91 Å². The Morgan fingerprint density at radius 3 is 2.60 bits per heavy atom. The number of primary amides is 1. The number of hydrogen-bond acceptors (Lipinski definition) is 2. The van der Waals surface area contributed by atoms with Gasteiger partial charge in [0.05, 0.1) is 5.54 Å². The normalized spacial score (nSPS) is 14.6. The molecule has 1 amide bonds. The largest absolute Gasteiger partial charge is 0.368 e. The quantitative estimate of drug-likeness (QED) is 0.773. The van der Waals surface area contributed by atoms with Crippen LogP contribution in [0.1, 0.15) is 12.5 Å². The van der Waals surface area contributed by atoms with E-state index in [0.717, 1.165) is 0 Å². The Labute approximate surface area is 88.5 Å². The van der Waals surface area contributed by atoms with E-state index in [2.05, 4.69) is 5.32 Å². The number of hydrogen-bond donors (Lipinski definition) is 2. The second-order valence-electron chi connectivity index (χ2n) is 3.71. The van der Waals surface area contributed by atoms with Crippen LogP contribution in [0.15, 0.2) is 24.3 Å². The Kier molecular flexibility index (Phi) is 3.42. The Balaban J connectivity index is 2.94. The third kappa shape index (κ3) is 2.53. The van der Waals surface area contributed by atoms with Crippen LogP contribution < -0.4 is 11.1 Å². The van der Waals surface area contributed by atoms with Gasteiger partial charge in [-0.05, 0) is 25.6 Å². The van der Waals surface area contributed by atoms with Crippen LogP contribution in [-0.4, -0.2) is 18.5 Å². The van der Waals surface area contributed by atoms with Crippen molar-refractivity contribution in [3.63, 3.8) is 0 Å². The highest BCUT2D eigenvalue weighted by atomic mass is 19.1. The van der Waals surface area contributed by atoms with Gasteiger partial charge in [0, 0.05) is 6.42 Å². The Morgan fingerprint density at radius 2 is 2.13 bits per heavy atom. The molecule has 0 aliphatic heterocycles. The van der Waals surface area contributed by atoms with Gasteiger partial charge in [-0.15, -0.1) is 0 Å².